The van der Waals surface area contributed by atoms with Crippen LogP contribution < -0.4 is 0 Å². The molecule has 0 spiro atoms. The smallest absolute Gasteiger partial charge is 0.192 e. The van der Waals surface area contributed by atoms with Crippen molar-refractivity contribution in [1.82, 2.24) is 0 Å². The molecule has 5 heteroatoms. The molecular weight excluding hydrogens is 226 g/mol. The van der Waals surface area contributed by atoms with E-state index in [9.17, 15) is 0 Å². The largest absolute Gasteiger partial charge is 0.207 e. The van der Waals surface area contributed by atoms with Gasteiger partial charge in [-0.2, -0.15) is 15.5 Å². The van der Waals surface area contributed by atoms with Gasteiger partial charge >= 0.3 is 0 Å². The van der Waals surface area contributed by atoms with E-state index in [-0.39, 0.29) is 0 Å². The van der Waals surface area contributed by atoms with E-state index in [1.165, 1.54) is 23.5 Å². The standard InChI is InChI=1S/C10H7N3S2/c1-14-10(13-7-12)15-9-4-2-8(6-11)3-5-9/h2-5H,1H3. The summed E-state index contributed by atoms with van der Waals surface area (Å²) in [6.45, 7) is 0. The normalized spacial score (nSPS) is 10.5. The van der Waals surface area contributed by atoms with E-state index in [0.717, 1.165) is 4.90 Å². The highest BCUT2D eigenvalue weighted by molar-refractivity contribution is 8.38. The van der Waals surface area contributed by atoms with E-state index >= 15 is 0 Å². The molecule has 0 amide bonds. The van der Waals surface area contributed by atoms with Crippen molar-refractivity contribution in [2.75, 3.05) is 6.26 Å². The first kappa shape index (κ1) is 11.6. The van der Waals surface area contributed by atoms with Crippen LogP contribution >= 0.6 is 23.5 Å². The molecule has 0 N–H and O–H groups in total. The van der Waals surface area contributed by atoms with Crippen molar-refractivity contribution in [2.45, 2.75) is 4.90 Å². The van der Waals surface area contributed by atoms with E-state index in [0.29, 0.717) is 9.94 Å². The Morgan fingerprint density at radius 2 is 1.93 bits per heavy atom. The summed E-state index contributed by atoms with van der Waals surface area (Å²) in [5.74, 6) is 0. The molecule has 1 rings (SSSR count). The van der Waals surface area contributed by atoms with Crippen molar-refractivity contribution < 1.29 is 0 Å². The topological polar surface area (TPSA) is 59.9 Å². The van der Waals surface area contributed by atoms with Gasteiger partial charge in [-0.1, -0.05) is 11.8 Å². The number of nitrogens with zero attached hydrogens (tertiary/aromatic N) is 3. The molecule has 0 atom stereocenters. The molecule has 0 aliphatic rings. The number of thioether (sulfide) groups is 2. The first-order valence-corrected chi connectivity index (χ1v) is 6.03. The van der Waals surface area contributed by atoms with Crippen molar-refractivity contribution in [3.8, 4) is 12.3 Å². The predicted octanol–water partition coefficient (Wildman–Crippen LogP) is 2.85. The molecule has 0 bridgehead atoms. The van der Waals surface area contributed by atoms with Gasteiger partial charge in [0.05, 0.1) is 11.6 Å². The molecular formula is C10H7N3S2. The van der Waals surface area contributed by atoms with Gasteiger partial charge in [0, 0.05) is 4.90 Å². The maximum absolute atomic E-state index is 8.61. The van der Waals surface area contributed by atoms with Crippen LogP contribution in [0.4, 0.5) is 0 Å². The summed E-state index contributed by atoms with van der Waals surface area (Å²) >= 11 is 2.84. The molecule has 0 saturated heterocycles. The van der Waals surface area contributed by atoms with Crippen LogP contribution in [0.25, 0.3) is 0 Å². The molecule has 0 radical (unpaired) electrons. The zero-order valence-corrected chi connectivity index (χ0v) is 9.60. The molecule has 0 aromatic heterocycles. The molecule has 0 saturated carbocycles. The van der Waals surface area contributed by atoms with Crippen LogP contribution in [-0.2, 0) is 0 Å². The second-order valence-electron chi connectivity index (χ2n) is 2.42. The third kappa shape index (κ3) is 3.67. The average molecular weight is 233 g/mol. The van der Waals surface area contributed by atoms with Gasteiger partial charge in [-0.25, -0.2) is 0 Å². The van der Waals surface area contributed by atoms with Crippen LogP contribution in [0.15, 0.2) is 34.2 Å². The molecule has 0 unspecified atom stereocenters. The van der Waals surface area contributed by atoms with Crippen LogP contribution in [0.3, 0.4) is 0 Å². The maximum atomic E-state index is 8.61. The van der Waals surface area contributed by atoms with Gasteiger partial charge in [-0.15, -0.1) is 11.8 Å². The fourth-order valence-corrected chi connectivity index (χ4v) is 2.16. The summed E-state index contributed by atoms with van der Waals surface area (Å²) in [7, 11) is 0. The third-order valence-corrected chi connectivity index (χ3v) is 3.47. The monoisotopic (exact) mass is 233 g/mol. The lowest BCUT2D eigenvalue weighted by Gasteiger charge is -2.00. The minimum Gasteiger partial charge on any atom is -0.192 e. The molecule has 0 fully saturated rings. The second kappa shape index (κ2) is 6.13. The van der Waals surface area contributed by atoms with E-state index in [1.54, 1.807) is 18.3 Å². The first-order chi connectivity index (χ1) is 7.30. The quantitative estimate of drug-likeness (QED) is 0.324. The Labute approximate surface area is 96.8 Å². The molecule has 3 nitrogen and oxygen atoms in total. The number of rotatable bonds is 1. The van der Waals surface area contributed by atoms with Crippen molar-refractivity contribution in [2.24, 2.45) is 4.99 Å². The van der Waals surface area contributed by atoms with Gasteiger partial charge in [0.25, 0.3) is 0 Å². The van der Waals surface area contributed by atoms with Crippen molar-refractivity contribution in [3.63, 3.8) is 0 Å². The van der Waals surface area contributed by atoms with Crippen molar-refractivity contribution >= 4 is 27.9 Å². The van der Waals surface area contributed by atoms with Gasteiger partial charge in [0.2, 0.25) is 6.19 Å². The molecule has 74 valence electrons. The summed E-state index contributed by atoms with van der Waals surface area (Å²) in [5.41, 5.74) is 0.627. The minimum absolute atomic E-state index is 0.627. The summed E-state index contributed by atoms with van der Waals surface area (Å²) < 4.78 is 0.696. The van der Waals surface area contributed by atoms with E-state index in [2.05, 4.69) is 4.99 Å². The Morgan fingerprint density at radius 1 is 1.27 bits per heavy atom. The Kier molecular flexibility index (Phi) is 4.76. The SMILES string of the molecule is CSC(=NC#N)Sc1ccc(C#N)cc1. The van der Waals surface area contributed by atoms with Gasteiger partial charge < -0.3 is 0 Å². The highest BCUT2D eigenvalue weighted by Gasteiger charge is 2.01. The summed E-state index contributed by atoms with van der Waals surface area (Å²) in [5, 5.41) is 17.0. The van der Waals surface area contributed by atoms with Crippen LogP contribution in [0.5, 0.6) is 0 Å². The fraction of sp³-hybridized carbons (Fsp3) is 0.100. The Bertz CT molecular complexity index is 437. The molecule has 1 aromatic carbocycles. The summed E-state index contributed by atoms with van der Waals surface area (Å²) in [4.78, 5) is 4.63. The lowest BCUT2D eigenvalue weighted by atomic mass is 10.2. The number of hydrogen-bond acceptors (Lipinski definition) is 5. The highest BCUT2D eigenvalue weighted by Crippen LogP contribution is 2.24. The minimum atomic E-state index is 0.627. The lowest BCUT2D eigenvalue weighted by molar-refractivity contribution is 1.42. The zero-order chi connectivity index (χ0) is 11.1. The van der Waals surface area contributed by atoms with E-state index in [4.69, 9.17) is 10.5 Å². The number of nitriles is 2. The Morgan fingerprint density at radius 3 is 2.40 bits per heavy atom. The summed E-state index contributed by atoms with van der Waals surface area (Å²) in [6.07, 6.45) is 3.62. The van der Waals surface area contributed by atoms with E-state index in [1.807, 2.05) is 24.5 Å². The van der Waals surface area contributed by atoms with Crippen molar-refractivity contribution in [3.05, 3.63) is 29.8 Å². The van der Waals surface area contributed by atoms with Crippen LogP contribution in [0, 0.1) is 22.8 Å². The second-order valence-corrected chi connectivity index (χ2v) is 4.54. The molecule has 15 heavy (non-hydrogen) atoms. The first-order valence-electron chi connectivity index (χ1n) is 3.99. The Balaban J connectivity index is 2.78. The van der Waals surface area contributed by atoms with Crippen LogP contribution in [-0.4, -0.2) is 10.6 Å². The number of aliphatic imine (C=N–C) groups is 1. The number of hydrogen-bond donors (Lipinski definition) is 0. The van der Waals surface area contributed by atoms with Crippen LogP contribution in [0.1, 0.15) is 5.56 Å². The Hall–Kier alpha value is -1.43. The molecule has 0 aliphatic carbocycles. The molecule has 1 aromatic rings. The highest BCUT2D eigenvalue weighted by atomic mass is 32.2. The van der Waals surface area contributed by atoms with Gasteiger partial charge in [0.1, 0.15) is 4.38 Å². The van der Waals surface area contributed by atoms with Gasteiger partial charge in [-0.3, -0.25) is 0 Å². The zero-order valence-electron chi connectivity index (χ0n) is 7.97. The van der Waals surface area contributed by atoms with Gasteiger partial charge in [0.15, 0.2) is 0 Å². The lowest BCUT2D eigenvalue weighted by Crippen LogP contribution is -1.83. The average Bonchev–Trinajstić information content (AvgIpc) is 2.29. The molecule has 0 aliphatic heterocycles. The maximum Gasteiger partial charge on any atom is 0.207 e. The van der Waals surface area contributed by atoms with Crippen molar-refractivity contribution in [1.29, 1.82) is 10.5 Å². The van der Waals surface area contributed by atoms with Gasteiger partial charge in [-0.05, 0) is 30.5 Å². The number of benzene rings is 1. The van der Waals surface area contributed by atoms with Crippen LogP contribution in [0.2, 0.25) is 0 Å². The fourth-order valence-electron chi connectivity index (χ4n) is 0.849. The predicted molar refractivity (Wildman–Crippen MR) is 63.6 cm³/mol. The summed E-state index contributed by atoms with van der Waals surface area (Å²) in [6, 6.07) is 9.21. The van der Waals surface area contributed by atoms with E-state index < -0.39 is 0 Å². The third-order valence-electron chi connectivity index (χ3n) is 1.50. The molecule has 0 heterocycles.